The maximum Gasteiger partial charge on any atom is 0.295 e. The van der Waals surface area contributed by atoms with Gasteiger partial charge in [0.05, 0.1) is 25.5 Å². The van der Waals surface area contributed by atoms with Gasteiger partial charge in [-0.3, -0.25) is 9.59 Å². The van der Waals surface area contributed by atoms with E-state index in [4.69, 9.17) is 9.84 Å². The Kier molecular flexibility index (Phi) is 5.49. The first kappa shape index (κ1) is 17.9. The summed E-state index contributed by atoms with van der Waals surface area (Å²) in [6.07, 6.45) is 0.0448. The molecule has 0 saturated heterocycles. The molecule has 1 aromatic carbocycles. The quantitative estimate of drug-likeness (QED) is 0.492. The van der Waals surface area contributed by atoms with Crippen LogP contribution in [0, 0.1) is 0 Å². The van der Waals surface area contributed by atoms with E-state index in [2.05, 4.69) is 25.5 Å². The van der Waals surface area contributed by atoms with Crippen LogP contribution in [0.3, 0.4) is 0 Å². The molecule has 0 radical (unpaired) electrons. The number of aliphatic hydroxyl groups is 1. The number of hydrogen-bond acceptors (Lipinski definition) is 7. The summed E-state index contributed by atoms with van der Waals surface area (Å²) in [6, 6.07) is 7.02. The fourth-order valence-electron chi connectivity index (χ4n) is 2.48. The second-order valence-corrected chi connectivity index (χ2v) is 5.77. The van der Waals surface area contributed by atoms with Gasteiger partial charge in [-0.15, -0.1) is 5.11 Å². The van der Waals surface area contributed by atoms with Crippen molar-refractivity contribution < 1.29 is 19.4 Å². The number of aromatic amines is 1. The van der Waals surface area contributed by atoms with Gasteiger partial charge in [0.25, 0.3) is 5.91 Å². The molecule has 1 aliphatic heterocycles. The first-order valence-corrected chi connectivity index (χ1v) is 8.19. The number of anilines is 1. The number of hydrogen-bond donors (Lipinski definition) is 3. The maximum absolute atomic E-state index is 12.3. The van der Waals surface area contributed by atoms with E-state index in [1.807, 2.05) is 0 Å². The van der Waals surface area contributed by atoms with Gasteiger partial charge < -0.3 is 20.1 Å². The Labute approximate surface area is 149 Å². The standard InChI is InChI=1S/C17H19N5O4/c1-10(24)14-9-11-8-12(2-3-13(11)19-14)18-17(25)16-20-15(21-22-16)4-6-26-7-5-23/h2-3,8-9,15,19,23H,4-7H2,1H3,(H,18,25). The lowest BCUT2D eigenvalue weighted by molar-refractivity contribution is -0.110. The van der Waals surface area contributed by atoms with Gasteiger partial charge >= 0.3 is 0 Å². The van der Waals surface area contributed by atoms with Crippen molar-refractivity contribution in [1.82, 2.24) is 4.98 Å². The third-order valence-electron chi connectivity index (χ3n) is 3.77. The van der Waals surface area contributed by atoms with Gasteiger partial charge in [-0.05, 0) is 24.3 Å². The molecule has 136 valence electrons. The lowest BCUT2D eigenvalue weighted by atomic mass is 10.2. The molecule has 2 aromatic rings. The third-order valence-corrected chi connectivity index (χ3v) is 3.77. The molecule has 3 N–H and O–H groups in total. The Morgan fingerprint density at radius 3 is 2.92 bits per heavy atom. The Morgan fingerprint density at radius 1 is 1.31 bits per heavy atom. The number of H-pyrrole nitrogens is 1. The fraction of sp³-hybridized carbons (Fsp3) is 0.353. The van der Waals surface area contributed by atoms with Gasteiger partial charge in [-0.2, -0.15) is 5.11 Å². The molecule has 1 atom stereocenters. The minimum Gasteiger partial charge on any atom is -0.394 e. The fourth-order valence-corrected chi connectivity index (χ4v) is 2.48. The summed E-state index contributed by atoms with van der Waals surface area (Å²) in [7, 11) is 0. The number of aliphatic hydroxyl groups excluding tert-OH is 1. The summed E-state index contributed by atoms with van der Waals surface area (Å²) in [4.78, 5) is 30.9. The van der Waals surface area contributed by atoms with Gasteiger partial charge in [-0.1, -0.05) is 0 Å². The number of nitrogens with zero attached hydrogens (tertiary/aromatic N) is 3. The number of aromatic nitrogens is 1. The van der Waals surface area contributed by atoms with Crippen LogP contribution in [0.5, 0.6) is 0 Å². The van der Waals surface area contributed by atoms with E-state index in [0.29, 0.717) is 24.4 Å². The highest BCUT2D eigenvalue weighted by molar-refractivity contribution is 6.42. The molecule has 0 fully saturated rings. The minimum absolute atomic E-state index is 0.00995. The normalized spacial score (nSPS) is 16.1. The van der Waals surface area contributed by atoms with Gasteiger partial charge in [0.2, 0.25) is 5.84 Å². The van der Waals surface area contributed by atoms with Crippen LogP contribution in [-0.2, 0) is 9.53 Å². The summed E-state index contributed by atoms with van der Waals surface area (Å²) in [6.45, 7) is 2.09. The summed E-state index contributed by atoms with van der Waals surface area (Å²) >= 11 is 0. The molecule has 0 bridgehead atoms. The number of Topliss-reactive ketones (excluding diaryl/α,β-unsaturated/α-hetero) is 1. The van der Waals surface area contributed by atoms with Crippen LogP contribution in [0.1, 0.15) is 23.8 Å². The van der Waals surface area contributed by atoms with Gasteiger partial charge in [0.1, 0.15) is 0 Å². The minimum atomic E-state index is -0.450. The predicted molar refractivity (Wildman–Crippen MR) is 95.5 cm³/mol. The molecule has 1 aromatic heterocycles. The van der Waals surface area contributed by atoms with Gasteiger partial charge in [0.15, 0.2) is 11.9 Å². The number of amides is 1. The summed E-state index contributed by atoms with van der Waals surface area (Å²) < 4.78 is 5.15. The smallest absolute Gasteiger partial charge is 0.295 e. The molecule has 2 heterocycles. The number of rotatable bonds is 8. The Morgan fingerprint density at radius 2 is 2.15 bits per heavy atom. The van der Waals surface area contributed by atoms with Crippen molar-refractivity contribution in [2.45, 2.75) is 19.5 Å². The number of fused-ring (bicyclic) bond motifs is 1. The van der Waals surface area contributed by atoms with Gasteiger partial charge in [-0.25, -0.2) is 4.99 Å². The van der Waals surface area contributed by atoms with Crippen molar-refractivity contribution in [3.05, 3.63) is 30.0 Å². The average molecular weight is 357 g/mol. The highest BCUT2D eigenvalue weighted by Crippen LogP contribution is 2.21. The SMILES string of the molecule is CC(=O)c1cc2cc(NC(=O)C3=NC(CCOCCO)N=N3)ccc2[nH]1. The highest BCUT2D eigenvalue weighted by atomic mass is 16.5. The Hall–Kier alpha value is -2.91. The van der Waals surface area contributed by atoms with E-state index >= 15 is 0 Å². The molecule has 0 aliphatic carbocycles. The second-order valence-electron chi connectivity index (χ2n) is 5.77. The van der Waals surface area contributed by atoms with E-state index in [9.17, 15) is 9.59 Å². The van der Waals surface area contributed by atoms with Crippen LogP contribution < -0.4 is 5.32 Å². The summed E-state index contributed by atoms with van der Waals surface area (Å²) in [5.41, 5.74) is 1.90. The lowest BCUT2D eigenvalue weighted by Crippen LogP contribution is -2.20. The monoisotopic (exact) mass is 357 g/mol. The lowest BCUT2D eigenvalue weighted by Gasteiger charge is -2.04. The van der Waals surface area contributed by atoms with E-state index in [-0.39, 0.29) is 24.8 Å². The van der Waals surface area contributed by atoms with Gasteiger partial charge in [0, 0.05) is 29.9 Å². The van der Waals surface area contributed by atoms with Crippen LogP contribution in [0.4, 0.5) is 5.69 Å². The number of amidine groups is 1. The van der Waals surface area contributed by atoms with Crippen molar-refractivity contribution in [3.8, 4) is 0 Å². The number of carbonyl (C=O) groups is 2. The highest BCUT2D eigenvalue weighted by Gasteiger charge is 2.20. The summed E-state index contributed by atoms with van der Waals surface area (Å²) in [5, 5.41) is 19.9. The number of nitrogens with one attached hydrogen (secondary N) is 2. The topological polar surface area (TPSA) is 128 Å². The van der Waals surface area contributed by atoms with Crippen LogP contribution in [-0.4, -0.2) is 53.6 Å². The van der Waals surface area contributed by atoms with Crippen LogP contribution in [0.25, 0.3) is 10.9 Å². The van der Waals surface area contributed by atoms with Crippen molar-refractivity contribution in [2.75, 3.05) is 25.1 Å². The Bertz CT molecular complexity index is 886. The summed E-state index contributed by atoms with van der Waals surface area (Å²) in [5.74, 6) is -0.494. The molecular formula is C17H19N5O4. The van der Waals surface area contributed by atoms with Crippen molar-refractivity contribution >= 4 is 34.1 Å². The first-order valence-electron chi connectivity index (χ1n) is 8.19. The van der Waals surface area contributed by atoms with E-state index in [1.54, 1.807) is 24.3 Å². The zero-order valence-corrected chi connectivity index (χ0v) is 14.2. The first-order chi connectivity index (χ1) is 12.6. The molecule has 9 nitrogen and oxygen atoms in total. The third kappa shape index (κ3) is 4.19. The number of carbonyl (C=O) groups excluding carboxylic acids is 2. The van der Waals surface area contributed by atoms with Crippen LogP contribution >= 0.6 is 0 Å². The maximum atomic E-state index is 12.3. The number of aliphatic imine (C=N–C) groups is 1. The van der Waals surface area contributed by atoms with Crippen LogP contribution in [0.2, 0.25) is 0 Å². The van der Waals surface area contributed by atoms with Crippen molar-refractivity contribution in [1.29, 1.82) is 0 Å². The largest absolute Gasteiger partial charge is 0.394 e. The molecule has 0 saturated carbocycles. The van der Waals surface area contributed by atoms with E-state index in [0.717, 1.165) is 10.9 Å². The number of benzene rings is 1. The van der Waals surface area contributed by atoms with E-state index < -0.39 is 12.1 Å². The second kappa shape index (κ2) is 7.98. The number of azo groups is 1. The average Bonchev–Trinajstić information content (AvgIpc) is 3.25. The molecule has 1 amide bonds. The molecule has 0 spiro atoms. The van der Waals surface area contributed by atoms with Crippen molar-refractivity contribution in [3.63, 3.8) is 0 Å². The molecular weight excluding hydrogens is 338 g/mol. The molecule has 26 heavy (non-hydrogen) atoms. The molecule has 3 rings (SSSR count). The predicted octanol–water partition coefficient (Wildman–Crippen LogP) is 1.90. The number of ether oxygens (including phenoxy) is 1. The molecule has 9 heteroatoms. The number of ketones is 1. The van der Waals surface area contributed by atoms with E-state index in [1.165, 1.54) is 6.92 Å². The zero-order valence-electron chi connectivity index (χ0n) is 14.2. The molecule has 1 aliphatic rings. The zero-order chi connectivity index (χ0) is 18.5. The Balaban J connectivity index is 1.62. The van der Waals surface area contributed by atoms with Crippen LogP contribution in [0.15, 0.2) is 39.5 Å². The molecule has 1 unspecified atom stereocenters. The van der Waals surface area contributed by atoms with Crippen molar-refractivity contribution in [2.24, 2.45) is 15.2 Å².